The molecule has 3 aromatic carbocycles. The number of hydrogen-bond acceptors (Lipinski definition) is 10. The summed E-state index contributed by atoms with van der Waals surface area (Å²) in [7, 11) is 0. The second kappa shape index (κ2) is 15.5. The van der Waals surface area contributed by atoms with E-state index in [4.69, 9.17) is 14.5 Å². The first-order chi connectivity index (χ1) is 24.5. The van der Waals surface area contributed by atoms with Gasteiger partial charge in [-0.15, -0.1) is 0 Å². The van der Waals surface area contributed by atoms with Crippen LogP contribution in [-0.2, 0) is 32.2 Å². The lowest BCUT2D eigenvalue weighted by molar-refractivity contribution is -0.126. The van der Waals surface area contributed by atoms with E-state index in [9.17, 15) is 14.4 Å². The van der Waals surface area contributed by atoms with Gasteiger partial charge in [0.25, 0.3) is 0 Å². The van der Waals surface area contributed by atoms with E-state index in [2.05, 4.69) is 20.2 Å². The topological polar surface area (TPSA) is 130 Å². The number of aromatic nitrogens is 2. The van der Waals surface area contributed by atoms with Gasteiger partial charge in [-0.1, -0.05) is 54.2 Å². The molecule has 3 amide bonds. The largest absolute Gasteiger partial charge is 0.445 e. The first kappa shape index (κ1) is 33.2. The van der Waals surface area contributed by atoms with E-state index in [0.29, 0.717) is 49.1 Å². The Hall–Kier alpha value is -5.27. The third-order valence-corrected chi connectivity index (χ3v) is 10.0. The minimum Gasteiger partial charge on any atom is -0.445 e. The molecule has 256 valence electrons. The van der Waals surface area contributed by atoms with Crippen LogP contribution >= 0.6 is 11.8 Å². The number of hydrogen-bond donors (Lipinski definition) is 1. The van der Waals surface area contributed by atoms with Crippen LogP contribution in [-0.4, -0.2) is 81.7 Å². The highest BCUT2D eigenvalue weighted by molar-refractivity contribution is 8.15. The molecule has 13 heteroatoms. The van der Waals surface area contributed by atoms with E-state index >= 15 is 0 Å². The summed E-state index contributed by atoms with van der Waals surface area (Å²) in [6.07, 6.45) is 5.61. The van der Waals surface area contributed by atoms with Crippen molar-refractivity contribution in [3.63, 3.8) is 0 Å². The molecule has 1 aromatic heterocycles. The molecule has 3 saturated heterocycles. The fourth-order valence-corrected chi connectivity index (χ4v) is 7.34. The summed E-state index contributed by atoms with van der Waals surface area (Å²) in [5.74, 6) is -0.390. The molecule has 7 rings (SSSR count). The molecule has 0 aliphatic carbocycles. The molecule has 4 aromatic rings. The first-order valence-corrected chi connectivity index (χ1v) is 17.5. The average molecular weight is 692 g/mol. The number of thioether (sulfide) groups is 1. The van der Waals surface area contributed by atoms with Crippen molar-refractivity contribution in [1.29, 1.82) is 0 Å². The highest BCUT2D eigenvalue weighted by atomic mass is 32.2. The average Bonchev–Trinajstić information content (AvgIpc) is 3.78. The smallest absolute Gasteiger partial charge is 0.410 e. The number of rotatable bonds is 9. The highest BCUT2D eigenvalue weighted by Gasteiger charge is 2.40. The first-order valence-electron chi connectivity index (χ1n) is 16.6. The molecule has 4 heterocycles. The number of carbonyl (C=O) groups is 3. The molecule has 3 aliphatic heterocycles. The van der Waals surface area contributed by atoms with Crippen molar-refractivity contribution in [2.24, 2.45) is 4.99 Å². The van der Waals surface area contributed by atoms with Gasteiger partial charge < -0.3 is 19.7 Å². The SMILES string of the molecule is O=C(Nc1ccc(C2S/C(=N\c3ccc(N4CCOCC4)cc3)N(Cc3cnccn3)C2=O)cc1)[C@@H]1CCCN1C(=O)OCc1ccccc1. The summed E-state index contributed by atoms with van der Waals surface area (Å²) in [5.41, 5.74) is 4.74. The van der Waals surface area contributed by atoms with Crippen LogP contribution in [0.1, 0.15) is 34.9 Å². The Kier molecular flexibility index (Phi) is 10.3. The van der Waals surface area contributed by atoms with Crippen LogP contribution in [0.4, 0.5) is 21.9 Å². The van der Waals surface area contributed by atoms with Gasteiger partial charge >= 0.3 is 6.09 Å². The molecule has 0 bridgehead atoms. The van der Waals surface area contributed by atoms with Crippen molar-refractivity contribution in [3.8, 4) is 0 Å². The van der Waals surface area contributed by atoms with Gasteiger partial charge in [-0.3, -0.25) is 29.4 Å². The van der Waals surface area contributed by atoms with Gasteiger partial charge in [-0.2, -0.15) is 0 Å². The number of amidine groups is 1. The predicted molar refractivity (Wildman–Crippen MR) is 191 cm³/mol. The molecule has 1 unspecified atom stereocenters. The number of nitrogens with zero attached hydrogens (tertiary/aromatic N) is 6. The summed E-state index contributed by atoms with van der Waals surface area (Å²) in [4.78, 5) is 58.9. The third-order valence-electron chi connectivity index (χ3n) is 8.81. The Labute approximate surface area is 294 Å². The van der Waals surface area contributed by atoms with Crippen molar-refractivity contribution < 1.29 is 23.9 Å². The quantitative estimate of drug-likeness (QED) is 0.240. The molecule has 2 atom stereocenters. The zero-order valence-corrected chi connectivity index (χ0v) is 28.2. The van der Waals surface area contributed by atoms with Gasteiger partial charge in [0.15, 0.2) is 5.17 Å². The zero-order chi connectivity index (χ0) is 34.3. The van der Waals surface area contributed by atoms with E-state index in [0.717, 1.165) is 35.6 Å². The van der Waals surface area contributed by atoms with Crippen molar-refractivity contribution in [2.45, 2.75) is 37.3 Å². The number of morpholine rings is 1. The molecule has 0 spiro atoms. The number of benzene rings is 3. The molecule has 50 heavy (non-hydrogen) atoms. The zero-order valence-electron chi connectivity index (χ0n) is 27.4. The predicted octanol–water partition coefficient (Wildman–Crippen LogP) is 5.56. The minimum absolute atomic E-state index is 0.114. The van der Waals surface area contributed by atoms with Gasteiger partial charge in [-0.05, 0) is 60.4 Å². The van der Waals surface area contributed by atoms with Crippen LogP contribution in [0, 0.1) is 0 Å². The van der Waals surface area contributed by atoms with Crippen LogP contribution in [0.3, 0.4) is 0 Å². The van der Waals surface area contributed by atoms with Gasteiger partial charge in [0.1, 0.15) is 17.9 Å². The van der Waals surface area contributed by atoms with Crippen molar-refractivity contribution in [3.05, 3.63) is 114 Å². The fourth-order valence-electron chi connectivity index (χ4n) is 6.17. The Bertz CT molecular complexity index is 1820. The van der Waals surface area contributed by atoms with E-state index in [1.807, 2.05) is 66.7 Å². The maximum absolute atomic E-state index is 13.9. The minimum atomic E-state index is -0.624. The number of likely N-dealkylation sites (tertiary alicyclic amines) is 1. The van der Waals surface area contributed by atoms with E-state index in [-0.39, 0.29) is 25.0 Å². The molecular weight excluding hydrogens is 655 g/mol. The van der Waals surface area contributed by atoms with E-state index in [1.54, 1.807) is 35.6 Å². The van der Waals surface area contributed by atoms with Crippen LogP contribution in [0.2, 0.25) is 0 Å². The van der Waals surface area contributed by atoms with Crippen LogP contribution in [0.25, 0.3) is 0 Å². The van der Waals surface area contributed by atoms with Gasteiger partial charge in [0.2, 0.25) is 11.8 Å². The summed E-state index contributed by atoms with van der Waals surface area (Å²) in [6.45, 7) is 3.95. The lowest BCUT2D eigenvalue weighted by atomic mass is 10.1. The van der Waals surface area contributed by atoms with E-state index in [1.165, 1.54) is 16.7 Å². The Balaban J connectivity index is 1.03. The monoisotopic (exact) mass is 691 g/mol. The summed E-state index contributed by atoms with van der Waals surface area (Å²) >= 11 is 1.38. The van der Waals surface area contributed by atoms with Crippen LogP contribution in [0.15, 0.2) is 102 Å². The van der Waals surface area contributed by atoms with Crippen LogP contribution in [0.5, 0.6) is 0 Å². The molecule has 3 aliphatic rings. The molecule has 12 nitrogen and oxygen atoms in total. The fraction of sp³-hybridized carbons (Fsp3) is 0.297. The van der Waals surface area contributed by atoms with E-state index < -0.39 is 17.4 Å². The summed E-state index contributed by atoms with van der Waals surface area (Å²) < 4.78 is 11.0. The summed E-state index contributed by atoms with van der Waals surface area (Å²) in [5, 5.41) is 2.98. The van der Waals surface area contributed by atoms with Gasteiger partial charge in [0.05, 0.1) is 37.3 Å². The second-order valence-corrected chi connectivity index (χ2v) is 13.2. The van der Waals surface area contributed by atoms with Crippen molar-refractivity contribution in [1.82, 2.24) is 19.8 Å². The van der Waals surface area contributed by atoms with Crippen molar-refractivity contribution in [2.75, 3.05) is 43.1 Å². The van der Waals surface area contributed by atoms with Crippen molar-refractivity contribution >= 4 is 51.9 Å². The Morgan fingerprint density at radius 1 is 0.960 bits per heavy atom. The van der Waals surface area contributed by atoms with Crippen LogP contribution < -0.4 is 10.2 Å². The second-order valence-electron chi connectivity index (χ2n) is 12.1. The molecular formula is C37H37N7O5S. The van der Waals surface area contributed by atoms with Gasteiger partial charge in [0, 0.05) is 43.4 Å². The molecule has 1 N–H and O–H groups in total. The lowest BCUT2D eigenvalue weighted by Crippen LogP contribution is -2.43. The lowest BCUT2D eigenvalue weighted by Gasteiger charge is -2.28. The summed E-state index contributed by atoms with van der Waals surface area (Å²) in [6, 6.07) is 24.1. The number of nitrogens with one attached hydrogen (secondary N) is 1. The standard InChI is InChI=1S/C37H37N7O5S/c45-34(32-7-4-18-43(32)37(47)49-25-26-5-2-1-3-6-26)40-28-10-8-27(9-11-28)33-35(46)44(24-30-23-38-16-17-39-30)36(50-33)41-29-12-14-31(15-13-29)42-19-21-48-22-20-42/h1-3,5-6,8-17,23,32-33H,4,7,18-22,24-25H2,(H,40,45)/b41-36-/t32-,33?/m0/s1. The number of anilines is 2. The molecule has 3 fully saturated rings. The maximum Gasteiger partial charge on any atom is 0.410 e. The Morgan fingerprint density at radius 2 is 1.74 bits per heavy atom. The maximum atomic E-state index is 13.9. The third kappa shape index (κ3) is 7.79. The number of aliphatic imine (C=N–C) groups is 1. The van der Waals surface area contributed by atoms with Gasteiger partial charge in [-0.25, -0.2) is 9.79 Å². The molecule has 0 radical (unpaired) electrons. The highest BCUT2D eigenvalue weighted by Crippen LogP contribution is 2.41. The Morgan fingerprint density at radius 3 is 2.48 bits per heavy atom. The molecule has 0 saturated carbocycles. The number of carbonyl (C=O) groups excluding carboxylic acids is 3. The normalized spacial score (nSPS) is 20.0. The number of ether oxygens (including phenoxy) is 2. The number of amides is 3.